The summed E-state index contributed by atoms with van der Waals surface area (Å²) in [4.78, 5) is 19.3. The molecule has 1 aliphatic heterocycles. The molecule has 0 unspecified atom stereocenters. The van der Waals surface area contributed by atoms with Crippen LogP contribution in [0, 0.1) is 5.82 Å². The maximum atomic E-state index is 13.2. The first-order chi connectivity index (χ1) is 12.7. The molecule has 0 spiro atoms. The second kappa shape index (κ2) is 7.16. The van der Waals surface area contributed by atoms with Crippen molar-refractivity contribution < 1.29 is 13.9 Å². The molecule has 2 aromatic rings. The van der Waals surface area contributed by atoms with E-state index in [-0.39, 0.29) is 17.8 Å². The quantitative estimate of drug-likeness (QED) is 0.826. The number of hydrogen-bond donors (Lipinski definition) is 0. The van der Waals surface area contributed by atoms with Crippen LogP contribution in [0.4, 0.5) is 4.39 Å². The topological polar surface area (TPSA) is 42.4 Å². The monoisotopic (exact) mass is 354 g/mol. The van der Waals surface area contributed by atoms with Gasteiger partial charge in [-0.25, -0.2) is 4.39 Å². The summed E-state index contributed by atoms with van der Waals surface area (Å²) >= 11 is 0. The van der Waals surface area contributed by atoms with E-state index in [9.17, 15) is 9.18 Å². The van der Waals surface area contributed by atoms with Crippen LogP contribution in [0.1, 0.15) is 36.9 Å². The van der Waals surface area contributed by atoms with E-state index in [0.29, 0.717) is 19.7 Å². The largest absolute Gasteiger partial charge is 0.372 e. The highest BCUT2D eigenvalue weighted by Gasteiger charge is 2.53. The zero-order valence-corrected chi connectivity index (χ0v) is 14.7. The highest BCUT2D eigenvalue weighted by molar-refractivity contribution is 5.91. The van der Waals surface area contributed by atoms with Gasteiger partial charge in [0, 0.05) is 19.3 Å². The summed E-state index contributed by atoms with van der Waals surface area (Å²) in [6.45, 7) is 1.95. The second-order valence-electron chi connectivity index (χ2n) is 7.21. The first kappa shape index (κ1) is 17.2. The lowest BCUT2D eigenvalue weighted by molar-refractivity contribution is -0.136. The summed E-state index contributed by atoms with van der Waals surface area (Å²) in [7, 11) is 0. The van der Waals surface area contributed by atoms with Crippen molar-refractivity contribution in [3.63, 3.8) is 0 Å². The predicted molar refractivity (Wildman–Crippen MR) is 95.9 cm³/mol. The fourth-order valence-electron chi connectivity index (χ4n) is 3.73. The molecule has 1 aromatic carbocycles. The smallest absolute Gasteiger partial charge is 0.233 e. The van der Waals surface area contributed by atoms with Crippen molar-refractivity contribution in [1.29, 1.82) is 0 Å². The molecule has 136 valence electrons. The third kappa shape index (κ3) is 3.49. The van der Waals surface area contributed by atoms with Gasteiger partial charge < -0.3 is 9.64 Å². The highest BCUT2D eigenvalue weighted by Crippen LogP contribution is 2.49. The van der Waals surface area contributed by atoms with E-state index in [1.54, 1.807) is 18.3 Å². The van der Waals surface area contributed by atoms with E-state index in [2.05, 4.69) is 4.98 Å². The summed E-state index contributed by atoms with van der Waals surface area (Å²) in [5.41, 5.74) is 1.45. The molecular formula is C21H23FN2O2. The number of halogens is 1. The normalized spacial score (nSPS) is 19.3. The van der Waals surface area contributed by atoms with Crippen LogP contribution in [-0.2, 0) is 21.6 Å². The van der Waals surface area contributed by atoms with E-state index in [1.165, 1.54) is 12.1 Å². The Hall–Kier alpha value is -2.27. The molecule has 2 fully saturated rings. The van der Waals surface area contributed by atoms with Crippen molar-refractivity contribution in [3.8, 4) is 0 Å². The fourth-order valence-corrected chi connectivity index (χ4v) is 3.73. The number of piperidine rings is 1. The van der Waals surface area contributed by atoms with Crippen LogP contribution in [-0.4, -0.2) is 35.0 Å². The minimum atomic E-state index is -0.421. The van der Waals surface area contributed by atoms with E-state index < -0.39 is 5.41 Å². The molecule has 2 aliphatic rings. The minimum absolute atomic E-state index is 0.169. The SMILES string of the molecule is O=C(N1CCC(OCc2ccccn2)CC1)C1(c2ccc(F)cc2)CC1. The van der Waals surface area contributed by atoms with Crippen LogP contribution < -0.4 is 0 Å². The minimum Gasteiger partial charge on any atom is -0.372 e. The lowest BCUT2D eigenvalue weighted by Gasteiger charge is -2.34. The summed E-state index contributed by atoms with van der Waals surface area (Å²) in [6, 6.07) is 12.2. The van der Waals surface area contributed by atoms with Crippen LogP contribution in [0.5, 0.6) is 0 Å². The third-order valence-corrected chi connectivity index (χ3v) is 5.48. The van der Waals surface area contributed by atoms with Crippen LogP contribution in [0.25, 0.3) is 0 Å². The number of hydrogen-bond acceptors (Lipinski definition) is 3. The summed E-state index contributed by atoms with van der Waals surface area (Å²) < 4.78 is 19.1. The van der Waals surface area contributed by atoms with E-state index >= 15 is 0 Å². The Labute approximate surface area is 153 Å². The number of benzene rings is 1. The average molecular weight is 354 g/mol. The first-order valence-corrected chi connectivity index (χ1v) is 9.24. The lowest BCUT2D eigenvalue weighted by atomic mass is 9.93. The Bertz CT molecular complexity index is 751. The van der Waals surface area contributed by atoms with Crippen molar-refractivity contribution in [3.05, 3.63) is 65.7 Å². The average Bonchev–Trinajstić information content (AvgIpc) is 3.49. The molecule has 0 atom stereocenters. The lowest BCUT2D eigenvalue weighted by Crippen LogP contribution is -2.45. The van der Waals surface area contributed by atoms with Gasteiger partial charge in [0.1, 0.15) is 5.82 Å². The Morgan fingerprint density at radius 1 is 1.15 bits per heavy atom. The number of carbonyl (C=O) groups excluding carboxylic acids is 1. The van der Waals surface area contributed by atoms with Gasteiger partial charge in [0.05, 0.1) is 23.8 Å². The van der Waals surface area contributed by atoms with Crippen LogP contribution in [0.3, 0.4) is 0 Å². The molecule has 1 aliphatic carbocycles. The molecule has 0 radical (unpaired) electrons. The molecular weight excluding hydrogens is 331 g/mol. The van der Waals surface area contributed by atoms with E-state index in [4.69, 9.17) is 4.74 Å². The summed E-state index contributed by atoms with van der Waals surface area (Å²) in [6.07, 6.45) is 5.34. The van der Waals surface area contributed by atoms with Gasteiger partial charge in [0.25, 0.3) is 0 Å². The number of aromatic nitrogens is 1. The molecule has 5 heteroatoms. The summed E-state index contributed by atoms with van der Waals surface area (Å²) in [5.74, 6) is -0.0739. The fraction of sp³-hybridized carbons (Fsp3) is 0.429. The molecule has 4 rings (SSSR count). The van der Waals surface area contributed by atoms with Gasteiger partial charge in [-0.2, -0.15) is 0 Å². The van der Waals surface area contributed by atoms with Gasteiger partial charge in [0.2, 0.25) is 5.91 Å². The van der Waals surface area contributed by atoms with Gasteiger partial charge >= 0.3 is 0 Å². The summed E-state index contributed by atoms with van der Waals surface area (Å²) in [5, 5.41) is 0. The third-order valence-electron chi connectivity index (χ3n) is 5.48. The first-order valence-electron chi connectivity index (χ1n) is 9.24. The van der Waals surface area contributed by atoms with Gasteiger partial charge in [-0.15, -0.1) is 0 Å². The zero-order chi connectivity index (χ0) is 18.0. The number of amides is 1. The molecule has 0 N–H and O–H groups in total. The van der Waals surface area contributed by atoms with Crippen LogP contribution >= 0.6 is 0 Å². The number of carbonyl (C=O) groups is 1. The number of rotatable bonds is 5. The van der Waals surface area contributed by atoms with Crippen LogP contribution in [0.15, 0.2) is 48.7 Å². The Morgan fingerprint density at radius 3 is 2.50 bits per heavy atom. The maximum Gasteiger partial charge on any atom is 0.233 e. The van der Waals surface area contributed by atoms with Gasteiger partial charge in [-0.05, 0) is 55.5 Å². The predicted octanol–water partition coefficient (Wildman–Crippen LogP) is 3.46. The Morgan fingerprint density at radius 2 is 1.88 bits per heavy atom. The number of pyridine rings is 1. The van der Waals surface area contributed by atoms with Crippen molar-refractivity contribution in [1.82, 2.24) is 9.88 Å². The van der Waals surface area contributed by atoms with E-state index in [1.807, 2.05) is 23.1 Å². The molecule has 1 aromatic heterocycles. The van der Waals surface area contributed by atoms with Gasteiger partial charge in [-0.3, -0.25) is 9.78 Å². The molecule has 2 heterocycles. The van der Waals surface area contributed by atoms with Crippen molar-refractivity contribution in [2.75, 3.05) is 13.1 Å². The highest BCUT2D eigenvalue weighted by atomic mass is 19.1. The van der Waals surface area contributed by atoms with Crippen molar-refractivity contribution in [2.45, 2.75) is 43.8 Å². The van der Waals surface area contributed by atoms with Gasteiger partial charge in [-0.1, -0.05) is 18.2 Å². The van der Waals surface area contributed by atoms with Crippen molar-refractivity contribution >= 4 is 5.91 Å². The molecule has 26 heavy (non-hydrogen) atoms. The second-order valence-corrected chi connectivity index (χ2v) is 7.21. The van der Waals surface area contributed by atoms with Gasteiger partial charge in [0.15, 0.2) is 0 Å². The molecule has 0 bridgehead atoms. The number of ether oxygens (including phenoxy) is 1. The number of likely N-dealkylation sites (tertiary alicyclic amines) is 1. The molecule has 1 saturated heterocycles. The van der Waals surface area contributed by atoms with E-state index in [0.717, 1.165) is 36.9 Å². The molecule has 4 nitrogen and oxygen atoms in total. The Balaban J connectivity index is 1.32. The maximum absolute atomic E-state index is 13.2. The molecule has 1 amide bonds. The van der Waals surface area contributed by atoms with Crippen molar-refractivity contribution in [2.24, 2.45) is 0 Å². The zero-order valence-electron chi connectivity index (χ0n) is 14.7. The standard InChI is InChI=1S/C21H23FN2O2/c22-17-6-4-16(5-7-17)21(10-11-21)20(25)24-13-8-19(9-14-24)26-15-18-3-1-2-12-23-18/h1-7,12,19H,8-11,13-15H2. The number of nitrogens with zero attached hydrogens (tertiary/aromatic N) is 2. The van der Waals surface area contributed by atoms with Crippen LogP contribution in [0.2, 0.25) is 0 Å². The Kier molecular flexibility index (Phi) is 4.72. The molecule has 1 saturated carbocycles.